The molecule has 1 amide bonds. The first-order chi connectivity index (χ1) is 8.24. The summed E-state index contributed by atoms with van der Waals surface area (Å²) in [5.74, 6) is 0.713. The molecule has 17 heavy (non-hydrogen) atoms. The van der Waals surface area contributed by atoms with Crippen molar-refractivity contribution in [3.63, 3.8) is 0 Å². The van der Waals surface area contributed by atoms with E-state index in [-0.39, 0.29) is 5.91 Å². The van der Waals surface area contributed by atoms with E-state index < -0.39 is 0 Å². The second kappa shape index (κ2) is 8.26. The van der Waals surface area contributed by atoms with E-state index in [2.05, 4.69) is 17.5 Å². The summed E-state index contributed by atoms with van der Waals surface area (Å²) in [6, 6.07) is 0. The van der Waals surface area contributed by atoms with Crippen LogP contribution in [-0.4, -0.2) is 11.6 Å². The number of carbonyl (C=O) groups is 1. The van der Waals surface area contributed by atoms with Crippen LogP contribution < -0.4 is 5.43 Å². The lowest BCUT2D eigenvalue weighted by Gasteiger charge is -2.02. The predicted octanol–water partition coefficient (Wildman–Crippen LogP) is 3.64. The third kappa shape index (κ3) is 7.14. The van der Waals surface area contributed by atoms with Crippen LogP contribution in [0.2, 0.25) is 0 Å². The van der Waals surface area contributed by atoms with Crippen molar-refractivity contribution >= 4 is 11.6 Å². The molecule has 0 aromatic heterocycles. The maximum atomic E-state index is 11.5. The average Bonchev–Trinajstić information content (AvgIpc) is 3.14. The van der Waals surface area contributed by atoms with Gasteiger partial charge in [0.15, 0.2) is 0 Å². The summed E-state index contributed by atoms with van der Waals surface area (Å²) in [6.07, 6.45) is 10.4. The molecule has 1 N–H and O–H groups in total. The van der Waals surface area contributed by atoms with Gasteiger partial charge in [-0.25, -0.2) is 5.43 Å². The van der Waals surface area contributed by atoms with Gasteiger partial charge in [-0.15, -0.1) is 0 Å². The Kier molecular flexibility index (Phi) is 6.90. The number of nitrogens with zero attached hydrogens (tertiary/aromatic N) is 1. The van der Waals surface area contributed by atoms with Crippen LogP contribution in [0.5, 0.6) is 0 Å². The summed E-state index contributed by atoms with van der Waals surface area (Å²) in [5.41, 5.74) is 3.74. The van der Waals surface area contributed by atoms with E-state index in [0.717, 1.165) is 12.1 Å². The van der Waals surface area contributed by atoms with Crippen molar-refractivity contribution in [2.45, 2.75) is 71.6 Å². The average molecular weight is 238 g/mol. The highest BCUT2D eigenvalue weighted by Crippen LogP contribution is 2.30. The Hall–Kier alpha value is -0.860. The first-order valence-corrected chi connectivity index (χ1v) is 7.07. The Bertz CT molecular complexity index is 257. The minimum absolute atomic E-state index is 0.0699. The Morgan fingerprint density at radius 2 is 1.82 bits per heavy atom. The van der Waals surface area contributed by atoms with Crippen molar-refractivity contribution in [1.29, 1.82) is 0 Å². The molecule has 3 heteroatoms. The van der Waals surface area contributed by atoms with Crippen molar-refractivity contribution in [1.82, 2.24) is 5.43 Å². The molecule has 0 saturated heterocycles. The lowest BCUT2D eigenvalue weighted by Crippen LogP contribution is -2.18. The highest BCUT2D eigenvalue weighted by atomic mass is 16.2. The van der Waals surface area contributed by atoms with Gasteiger partial charge in [-0.3, -0.25) is 4.79 Å². The van der Waals surface area contributed by atoms with Crippen LogP contribution in [0, 0.1) is 5.92 Å². The number of hydrazone groups is 1. The normalized spacial score (nSPS) is 16.0. The van der Waals surface area contributed by atoms with Gasteiger partial charge in [-0.2, -0.15) is 5.10 Å². The molecule has 0 unspecified atom stereocenters. The van der Waals surface area contributed by atoms with Gasteiger partial charge in [0, 0.05) is 12.1 Å². The Balaban J connectivity index is 1.95. The summed E-state index contributed by atoms with van der Waals surface area (Å²) < 4.78 is 0. The van der Waals surface area contributed by atoms with E-state index in [0.29, 0.717) is 12.3 Å². The molecule has 0 atom stereocenters. The van der Waals surface area contributed by atoms with Crippen LogP contribution in [-0.2, 0) is 4.79 Å². The molecule has 0 spiro atoms. The zero-order valence-corrected chi connectivity index (χ0v) is 11.3. The number of amides is 1. The monoisotopic (exact) mass is 238 g/mol. The molecule has 1 rings (SSSR count). The molecule has 0 aromatic rings. The van der Waals surface area contributed by atoms with Crippen LogP contribution in [0.15, 0.2) is 5.10 Å². The number of unbranched alkanes of at least 4 members (excludes halogenated alkanes) is 5. The number of hydrogen-bond donors (Lipinski definition) is 1. The summed E-state index contributed by atoms with van der Waals surface area (Å²) in [4.78, 5) is 11.5. The van der Waals surface area contributed by atoms with Crippen LogP contribution in [0.4, 0.5) is 0 Å². The molecule has 1 aliphatic rings. The number of nitrogens with one attached hydrogen (secondary N) is 1. The summed E-state index contributed by atoms with van der Waals surface area (Å²) in [5, 5.41) is 4.13. The van der Waals surface area contributed by atoms with E-state index in [1.54, 1.807) is 0 Å². The van der Waals surface area contributed by atoms with Crippen molar-refractivity contribution in [3.8, 4) is 0 Å². The fourth-order valence-electron chi connectivity index (χ4n) is 1.86. The number of hydrogen-bond acceptors (Lipinski definition) is 2. The van der Waals surface area contributed by atoms with E-state index in [4.69, 9.17) is 0 Å². The molecular formula is C14H26N2O. The van der Waals surface area contributed by atoms with Gasteiger partial charge in [0.05, 0.1) is 0 Å². The SMILES string of the molecule is CCCCCCCCC(=O)NN=C(C)C1CC1. The Morgan fingerprint density at radius 1 is 1.18 bits per heavy atom. The molecule has 98 valence electrons. The van der Waals surface area contributed by atoms with Gasteiger partial charge < -0.3 is 0 Å². The molecule has 0 aliphatic heterocycles. The van der Waals surface area contributed by atoms with Gasteiger partial charge in [-0.05, 0) is 32.1 Å². The minimum atomic E-state index is 0.0699. The molecule has 0 aromatic carbocycles. The van der Waals surface area contributed by atoms with E-state index in [1.807, 2.05) is 6.92 Å². The van der Waals surface area contributed by atoms with Gasteiger partial charge in [0.2, 0.25) is 5.91 Å². The third-order valence-corrected chi connectivity index (χ3v) is 3.28. The standard InChI is InChI=1S/C14H26N2O/c1-3-4-5-6-7-8-9-14(17)16-15-12(2)13-10-11-13/h13H,3-11H2,1-2H3,(H,16,17). The molecule has 1 aliphatic carbocycles. The van der Waals surface area contributed by atoms with Crippen LogP contribution in [0.25, 0.3) is 0 Å². The van der Waals surface area contributed by atoms with E-state index in [9.17, 15) is 4.79 Å². The maximum absolute atomic E-state index is 11.5. The van der Waals surface area contributed by atoms with E-state index in [1.165, 1.54) is 44.9 Å². The van der Waals surface area contributed by atoms with Gasteiger partial charge >= 0.3 is 0 Å². The summed E-state index contributed by atoms with van der Waals surface area (Å²) >= 11 is 0. The number of rotatable bonds is 9. The van der Waals surface area contributed by atoms with Crippen molar-refractivity contribution in [2.24, 2.45) is 11.0 Å². The second-order valence-corrected chi connectivity index (χ2v) is 5.08. The van der Waals surface area contributed by atoms with Gasteiger partial charge in [-0.1, -0.05) is 39.0 Å². The van der Waals surface area contributed by atoms with Crippen molar-refractivity contribution < 1.29 is 4.79 Å². The highest BCUT2D eigenvalue weighted by Gasteiger charge is 2.24. The molecule has 0 heterocycles. The van der Waals surface area contributed by atoms with Crippen LogP contribution >= 0.6 is 0 Å². The molecule has 1 saturated carbocycles. The zero-order chi connectivity index (χ0) is 12.5. The van der Waals surface area contributed by atoms with E-state index >= 15 is 0 Å². The van der Waals surface area contributed by atoms with Crippen LogP contribution in [0.1, 0.15) is 71.6 Å². The first kappa shape index (κ1) is 14.2. The largest absolute Gasteiger partial charge is 0.273 e. The Labute approximate surface area is 105 Å². The lowest BCUT2D eigenvalue weighted by molar-refractivity contribution is -0.121. The first-order valence-electron chi connectivity index (χ1n) is 7.07. The maximum Gasteiger partial charge on any atom is 0.240 e. The zero-order valence-electron chi connectivity index (χ0n) is 11.3. The van der Waals surface area contributed by atoms with Crippen molar-refractivity contribution in [2.75, 3.05) is 0 Å². The molecule has 1 fully saturated rings. The smallest absolute Gasteiger partial charge is 0.240 e. The van der Waals surface area contributed by atoms with Gasteiger partial charge in [0.25, 0.3) is 0 Å². The fourth-order valence-corrected chi connectivity index (χ4v) is 1.86. The van der Waals surface area contributed by atoms with Crippen LogP contribution in [0.3, 0.4) is 0 Å². The fraction of sp³-hybridized carbons (Fsp3) is 0.857. The highest BCUT2D eigenvalue weighted by molar-refractivity contribution is 5.87. The second-order valence-electron chi connectivity index (χ2n) is 5.08. The molecular weight excluding hydrogens is 212 g/mol. The summed E-state index contributed by atoms with van der Waals surface area (Å²) in [6.45, 7) is 4.22. The minimum Gasteiger partial charge on any atom is -0.273 e. The Morgan fingerprint density at radius 3 is 2.47 bits per heavy atom. The quantitative estimate of drug-likeness (QED) is 0.372. The lowest BCUT2D eigenvalue weighted by atomic mass is 10.1. The topological polar surface area (TPSA) is 41.5 Å². The predicted molar refractivity (Wildman–Crippen MR) is 72.0 cm³/mol. The molecule has 0 bridgehead atoms. The van der Waals surface area contributed by atoms with Gasteiger partial charge in [0.1, 0.15) is 0 Å². The molecule has 0 radical (unpaired) electrons. The number of carbonyl (C=O) groups excluding carboxylic acids is 1. The third-order valence-electron chi connectivity index (χ3n) is 3.28. The van der Waals surface area contributed by atoms with Crippen molar-refractivity contribution in [3.05, 3.63) is 0 Å². The molecule has 3 nitrogen and oxygen atoms in total. The summed E-state index contributed by atoms with van der Waals surface area (Å²) in [7, 11) is 0.